The Morgan fingerprint density at radius 3 is 3.08 bits per heavy atom. The van der Waals surface area contributed by atoms with Crippen molar-refractivity contribution in [2.75, 3.05) is 16.8 Å². The van der Waals surface area contributed by atoms with Crippen molar-refractivity contribution in [2.45, 2.75) is 38.6 Å². The number of aryl methyl sites for hydroxylation is 1. The molecule has 1 aromatic carbocycles. The molecule has 0 spiro atoms. The quantitative estimate of drug-likeness (QED) is 0.932. The summed E-state index contributed by atoms with van der Waals surface area (Å²) >= 11 is 1.57. The molecule has 4 rings (SSSR count). The second-order valence-electron chi connectivity index (χ2n) is 6.53. The Labute approximate surface area is 145 Å². The van der Waals surface area contributed by atoms with Crippen LogP contribution in [0.4, 0.5) is 10.7 Å². The SMILES string of the molecule is C[C@@H]1Cc2ccccc2N1CC(=O)Nc1sc2c(c1C#N)CCC2. The van der Waals surface area contributed by atoms with Crippen LogP contribution < -0.4 is 10.2 Å². The monoisotopic (exact) mass is 337 g/mol. The molecular formula is C19H19N3OS. The number of hydrogen-bond acceptors (Lipinski definition) is 4. The maximum absolute atomic E-state index is 12.6. The number of benzene rings is 1. The molecule has 1 aliphatic carbocycles. The van der Waals surface area contributed by atoms with Gasteiger partial charge < -0.3 is 10.2 Å². The number of nitrogens with zero attached hydrogens (tertiary/aromatic N) is 2. The molecule has 0 saturated carbocycles. The number of thiophene rings is 1. The van der Waals surface area contributed by atoms with Gasteiger partial charge in [0.15, 0.2) is 0 Å². The molecule has 2 aliphatic rings. The molecule has 1 aromatic heterocycles. The van der Waals surface area contributed by atoms with Gasteiger partial charge in [-0.2, -0.15) is 5.26 Å². The van der Waals surface area contributed by atoms with E-state index in [2.05, 4.69) is 35.3 Å². The van der Waals surface area contributed by atoms with Crippen LogP contribution in [0.3, 0.4) is 0 Å². The first-order valence-corrected chi connectivity index (χ1v) is 9.18. The number of nitriles is 1. The van der Waals surface area contributed by atoms with E-state index in [1.807, 2.05) is 12.1 Å². The lowest BCUT2D eigenvalue weighted by molar-refractivity contribution is -0.115. The van der Waals surface area contributed by atoms with Gasteiger partial charge in [-0.1, -0.05) is 18.2 Å². The average molecular weight is 337 g/mol. The average Bonchev–Trinajstić information content (AvgIpc) is 3.21. The molecule has 24 heavy (non-hydrogen) atoms. The van der Waals surface area contributed by atoms with E-state index in [1.54, 1.807) is 11.3 Å². The zero-order chi connectivity index (χ0) is 16.7. The van der Waals surface area contributed by atoms with E-state index in [0.717, 1.165) is 41.9 Å². The van der Waals surface area contributed by atoms with Crippen molar-refractivity contribution in [2.24, 2.45) is 0 Å². The zero-order valence-corrected chi connectivity index (χ0v) is 14.4. The van der Waals surface area contributed by atoms with E-state index in [0.29, 0.717) is 18.2 Å². The Bertz CT molecular complexity index is 849. The van der Waals surface area contributed by atoms with Gasteiger partial charge in [-0.25, -0.2) is 0 Å². The Morgan fingerprint density at radius 1 is 1.42 bits per heavy atom. The second-order valence-corrected chi connectivity index (χ2v) is 7.64. The molecule has 122 valence electrons. The minimum absolute atomic E-state index is 0.0463. The van der Waals surface area contributed by atoms with Gasteiger partial charge in [0.25, 0.3) is 0 Å². The predicted octanol–water partition coefficient (Wildman–Crippen LogP) is 3.50. The minimum atomic E-state index is -0.0463. The van der Waals surface area contributed by atoms with E-state index in [-0.39, 0.29) is 5.91 Å². The third-order valence-electron chi connectivity index (χ3n) is 4.95. The van der Waals surface area contributed by atoms with Crippen LogP contribution in [0.25, 0.3) is 0 Å². The summed E-state index contributed by atoms with van der Waals surface area (Å²) in [6.07, 6.45) is 4.08. The first kappa shape index (κ1) is 15.2. The number of fused-ring (bicyclic) bond motifs is 2. The highest BCUT2D eigenvalue weighted by Gasteiger charge is 2.28. The molecule has 4 nitrogen and oxygen atoms in total. The van der Waals surface area contributed by atoms with Gasteiger partial charge >= 0.3 is 0 Å². The van der Waals surface area contributed by atoms with Crippen LogP contribution in [0, 0.1) is 11.3 Å². The number of amides is 1. The number of rotatable bonds is 3. The molecule has 0 bridgehead atoms. The molecule has 2 aromatic rings. The maximum atomic E-state index is 12.6. The lowest BCUT2D eigenvalue weighted by Crippen LogP contribution is -2.37. The summed E-state index contributed by atoms with van der Waals surface area (Å²) in [5, 5.41) is 13.1. The van der Waals surface area contributed by atoms with Crippen LogP contribution in [-0.4, -0.2) is 18.5 Å². The van der Waals surface area contributed by atoms with Crippen molar-refractivity contribution < 1.29 is 4.79 Å². The fourth-order valence-corrected chi connectivity index (χ4v) is 5.06. The smallest absolute Gasteiger partial charge is 0.244 e. The Kier molecular flexibility index (Phi) is 3.78. The summed E-state index contributed by atoms with van der Waals surface area (Å²) in [6, 6.07) is 10.9. The summed E-state index contributed by atoms with van der Waals surface area (Å²) < 4.78 is 0. The second kappa shape index (κ2) is 5.95. The molecule has 0 unspecified atom stereocenters. The number of anilines is 2. The Balaban J connectivity index is 1.51. The summed E-state index contributed by atoms with van der Waals surface area (Å²) in [6.45, 7) is 2.47. The molecule has 0 saturated heterocycles. The molecular weight excluding hydrogens is 318 g/mol. The highest BCUT2D eigenvalue weighted by molar-refractivity contribution is 7.16. The van der Waals surface area contributed by atoms with Crippen LogP contribution in [0.2, 0.25) is 0 Å². The van der Waals surface area contributed by atoms with Crippen LogP contribution in [-0.2, 0) is 24.1 Å². The number of nitrogens with one attached hydrogen (secondary N) is 1. The molecule has 0 fully saturated rings. The van der Waals surface area contributed by atoms with Crippen molar-refractivity contribution >= 4 is 27.9 Å². The number of hydrogen-bond donors (Lipinski definition) is 1. The lowest BCUT2D eigenvalue weighted by atomic mass is 10.1. The zero-order valence-electron chi connectivity index (χ0n) is 13.6. The maximum Gasteiger partial charge on any atom is 0.244 e. The molecule has 1 amide bonds. The van der Waals surface area contributed by atoms with E-state index in [4.69, 9.17) is 0 Å². The Hall–Kier alpha value is -2.32. The topological polar surface area (TPSA) is 56.1 Å². The first-order valence-electron chi connectivity index (χ1n) is 8.36. The van der Waals surface area contributed by atoms with Gasteiger partial charge in [-0.05, 0) is 49.8 Å². The molecule has 2 heterocycles. The van der Waals surface area contributed by atoms with Crippen LogP contribution in [0.1, 0.15) is 34.9 Å². The normalized spacial score (nSPS) is 18.2. The van der Waals surface area contributed by atoms with E-state index in [1.165, 1.54) is 10.4 Å². The summed E-state index contributed by atoms with van der Waals surface area (Å²) in [5.41, 5.74) is 4.27. The fraction of sp³-hybridized carbons (Fsp3) is 0.368. The van der Waals surface area contributed by atoms with Gasteiger partial charge in [0.2, 0.25) is 5.91 Å². The van der Waals surface area contributed by atoms with E-state index >= 15 is 0 Å². The molecule has 5 heteroatoms. The summed E-state index contributed by atoms with van der Waals surface area (Å²) in [5.74, 6) is -0.0463. The number of para-hydroxylation sites is 1. The van der Waals surface area contributed by atoms with E-state index in [9.17, 15) is 10.1 Å². The summed E-state index contributed by atoms with van der Waals surface area (Å²) in [7, 11) is 0. The van der Waals surface area contributed by atoms with Crippen molar-refractivity contribution in [3.63, 3.8) is 0 Å². The van der Waals surface area contributed by atoms with Crippen molar-refractivity contribution in [3.05, 3.63) is 45.8 Å². The first-order chi connectivity index (χ1) is 11.7. The van der Waals surface area contributed by atoms with Crippen LogP contribution >= 0.6 is 11.3 Å². The third kappa shape index (κ3) is 2.47. The summed E-state index contributed by atoms with van der Waals surface area (Å²) in [4.78, 5) is 16.0. The van der Waals surface area contributed by atoms with Gasteiger partial charge in [-0.15, -0.1) is 11.3 Å². The van der Waals surface area contributed by atoms with Crippen molar-refractivity contribution in [3.8, 4) is 6.07 Å². The highest BCUT2D eigenvalue weighted by atomic mass is 32.1. The number of carbonyl (C=O) groups excluding carboxylic acids is 1. The predicted molar refractivity (Wildman–Crippen MR) is 96.6 cm³/mol. The molecule has 1 aliphatic heterocycles. The van der Waals surface area contributed by atoms with Crippen molar-refractivity contribution in [1.29, 1.82) is 5.26 Å². The molecule has 1 atom stereocenters. The van der Waals surface area contributed by atoms with Gasteiger partial charge in [0.05, 0.1) is 12.1 Å². The molecule has 1 N–H and O–H groups in total. The minimum Gasteiger partial charge on any atom is -0.359 e. The standard InChI is InChI=1S/C19H19N3OS/c1-12-9-13-5-2-3-7-16(13)22(12)11-18(23)21-19-15(10-20)14-6-4-8-17(14)24-19/h2-3,5,7,12H,4,6,8-9,11H2,1H3,(H,21,23)/t12-/m1/s1. The number of carbonyl (C=O) groups is 1. The fourth-order valence-electron chi connectivity index (χ4n) is 3.80. The third-order valence-corrected chi connectivity index (χ3v) is 6.16. The van der Waals surface area contributed by atoms with E-state index < -0.39 is 0 Å². The lowest BCUT2D eigenvalue weighted by Gasteiger charge is -2.24. The van der Waals surface area contributed by atoms with Crippen LogP contribution in [0.5, 0.6) is 0 Å². The largest absolute Gasteiger partial charge is 0.359 e. The van der Waals surface area contributed by atoms with Gasteiger partial charge in [-0.3, -0.25) is 4.79 Å². The molecule has 0 radical (unpaired) electrons. The van der Waals surface area contributed by atoms with Crippen LogP contribution in [0.15, 0.2) is 24.3 Å². The highest BCUT2D eigenvalue weighted by Crippen LogP contribution is 2.38. The van der Waals surface area contributed by atoms with Gasteiger partial charge in [0.1, 0.15) is 11.1 Å². The Morgan fingerprint density at radius 2 is 2.25 bits per heavy atom. The van der Waals surface area contributed by atoms with Crippen molar-refractivity contribution in [1.82, 2.24) is 0 Å². The van der Waals surface area contributed by atoms with Gasteiger partial charge in [0, 0.05) is 16.6 Å².